The molecular formula is C26H41NO4. The van der Waals surface area contributed by atoms with Gasteiger partial charge in [-0.1, -0.05) is 57.9 Å². The smallest absolute Gasteiger partial charge is 0.220 e. The van der Waals surface area contributed by atoms with Gasteiger partial charge in [-0.3, -0.25) is 4.79 Å². The van der Waals surface area contributed by atoms with Gasteiger partial charge >= 0.3 is 0 Å². The van der Waals surface area contributed by atoms with Crippen LogP contribution in [0.15, 0.2) is 18.2 Å². The van der Waals surface area contributed by atoms with Crippen molar-refractivity contribution in [3.63, 3.8) is 0 Å². The fourth-order valence-electron chi connectivity index (χ4n) is 3.34. The van der Waals surface area contributed by atoms with Gasteiger partial charge in [0.2, 0.25) is 5.91 Å². The first-order valence-electron chi connectivity index (χ1n) is 11.8. The summed E-state index contributed by atoms with van der Waals surface area (Å²) in [4.78, 5) is 12.0. The van der Waals surface area contributed by atoms with Crippen molar-refractivity contribution in [2.75, 3.05) is 7.11 Å². The highest BCUT2D eigenvalue weighted by Gasteiger charge is 2.05. The van der Waals surface area contributed by atoms with E-state index in [0.717, 1.165) is 56.9 Å². The number of nitrogens with one attached hydrogen (secondary N) is 1. The Hall–Kier alpha value is -2.19. The highest BCUT2D eigenvalue weighted by molar-refractivity contribution is 5.75. The predicted molar refractivity (Wildman–Crippen MR) is 126 cm³/mol. The zero-order valence-electron chi connectivity index (χ0n) is 19.4. The van der Waals surface area contributed by atoms with Gasteiger partial charge in [-0.15, -0.1) is 11.8 Å². The molecule has 0 aromatic heterocycles. The molecule has 0 fully saturated rings. The molecule has 0 heterocycles. The molecule has 1 unspecified atom stereocenters. The Bertz CT molecular complexity index is 678. The van der Waals surface area contributed by atoms with E-state index < -0.39 is 0 Å². The Morgan fingerprint density at radius 1 is 1.06 bits per heavy atom. The maximum atomic E-state index is 12.0. The van der Waals surface area contributed by atoms with Crippen LogP contribution in [-0.4, -0.2) is 29.3 Å². The van der Waals surface area contributed by atoms with Gasteiger partial charge in [0.1, 0.15) is 0 Å². The molecule has 174 valence electrons. The molecule has 3 N–H and O–H groups in total. The number of aliphatic hydroxyl groups is 1. The lowest BCUT2D eigenvalue weighted by Gasteiger charge is -2.08. The maximum Gasteiger partial charge on any atom is 0.220 e. The number of hydrogen-bond donors (Lipinski definition) is 3. The van der Waals surface area contributed by atoms with E-state index in [1.54, 1.807) is 18.2 Å². The van der Waals surface area contributed by atoms with Crippen LogP contribution in [0.5, 0.6) is 11.5 Å². The predicted octanol–water partition coefficient (Wildman–Crippen LogP) is 5.47. The quantitative estimate of drug-likeness (QED) is 0.239. The average molecular weight is 432 g/mol. The number of unbranched alkanes of at least 4 members (excludes halogenated alkanes) is 8. The molecule has 5 heteroatoms. The molecule has 1 atom stereocenters. The Balaban J connectivity index is 1.99. The monoisotopic (exact) mass is 431 g/mol. The minimum absolute atomic E-state index is 0.0474. The standard InChI is InChI=1S/C26H41NO4/c1-3-4-5-12-15-23(28)16-13-10-8-6-7-9-11-14-17-26(30)27-21-22-18-19-24(29)25(20-22)31-2/h18-20,23,28-29H,3-9,11-12,14-17,21H2,1-2H3,(H,27,30). The van der Waals surface area contributed by atoms with Crippen LogP contribution in [0.25, 0.3) is 0 Å². The number of rotatable bonds is 16. The minimum Gasteiger partial charge on any atom is -0.504 e. The van der Waals surface area contributed by atoms with Crippen molar-refractivity contribution in [2.45, 2.75) is 103 Å². The zero-order chi connectivity index (χ0) is 22.7. The zero-order valence-corrected chi connectivity index (χ0v) is 19.4. The van der Waals surface area contributed by atoms with Crippen LogP contribution in [0.4, 0.5) is 0 Å². The van der Waals surface area contributed by atoms with Gasteiger partial charge in [0.05, 0.1) is 13.2 Å². The van der Waals surface area contributed by atoms with Crippen molar-refractivity contribution >= 4 is 5.91 Å². The molecule has 1 amide bonds. The lowest BCUT2D eigenvalue weighted by atomic mass is 10.1. The summed E-state index contributed by atoms with van der Waals surface area (Å²) >= 11 is 0. The van der Waals surface area contributed by atoms with Gasteiger partial charge in [0.25, 0.3) is 0 Å². The van der Waals surface area contributed by atoms with Crippen LogP contribution >= 0.6 is 0 Å². The first kappa shape index (κ1) is 26.8. The number of phenolic OH excluding ortho intramolecular Hbond substituents is 1. The second-order valence-corrected chi connectivity index (χ2v) is 8.11. The summed E-state index contributed by atoms with van der Waals surface area (Å²) in [7, 11) is 1.50. The second kappa shape index (κ2) is 17.5. The van der Waals surface area contributed by atoms with Gasteiger partial charge in [-0.25, -0.2) is 0 Å². The molecule has 0 spiro atoms. The summed E-state index contributed by atoms with van der Waals surface area (Å²) in [5.41, 5.74) is 0.896. The van der Waals surface area contributed by atoms with Crippen LogP contribution in [0, 0.1) is 11.8 Å². The molecule has 1 aromatic carbocycles. The lowest BCUT2D eigenvalue weighted by molar-refractivity contribution is -0.121. The van der Waals surface area contributed by atoms with E-state index in [4.69, 9.17) is 4.74 Å². The highest BCUT2D eigenvalue weighted by Crippen LogP contribution is 2.26. The van der Waals surface area contributed by atoms with Gasteiger partial charge in [-0.2, -0.15) is 0 Å². The minimum atomic E-state index is -0.272. The molecule has 5 nitrogen and oxygen atoms in total. The number of carbonyl (C=O) groups is 1. The first-order chi connectivity index (χ1) is 15.1. The molecule has 0 aliphatic carbocycles. The number of phenols is 1. The Morgan fingerprint density at radius 2 is 1.81 bits per heavy atom. The van der Waals surface area contributed by atoms with Crippen molar-refractivity contribution in [2.24, 2.45) is 0 Å². The van der Waals surface area contributed by atoms with Crippen molar-refractivity contribution in [1.29, 1.82) is 0 Å². The third-order valence-electron chi connectivity index (χ3n) is 5.29. The van der Waals surface area contributed by atoms with Crippen LogP contribution in [0.1, 0.15) is 96.0 Å². The summed E-state index contributed by atoms with van der Waals surface area (Å²) in [6, 6.07) is 5.07. The fraction of sp³-hybridized carbons (Fsp3) is 0.654. The molecule has 0 saturated heterocycles. The lowest BCUT2D eigenvalue weighted by Crippen LogP contribution is -2.22. The van der Waals surface area contributed by atoms with E-state index in [-0.39, 0.29) is 17.8 Å². The molecule has 0 bridgehead atoms. The van der Waals surface area contributed by atoms with Crippen LogP contribution in [0.3, 0.4) is 0 Å². The Morgan fingerprint density at radius 3 is 2.58 bits per heavy atom. The second-order valence-electron chi connectivity index (χ2n) is 8.11. The van der Waals surface area contributed by atoms with Crippen molar-refractivity contribution < 1.29 is 19.7 Å². The fourth-order valence-corrected chi connectivity index (χ4v) is 3.34. The number of benzene rings is 1. The van der Waals surface area contributed by atoms with E-state index in [2.05, 4.69) is 24.1 Å². The SMILES string of the molecule is CCCCCCC(O)CC#CCCCCCCCC(=O)NCc1ccc(O)c(OC)c1. The van der Waals surface area contributed by atoms with Gasteiger partial charge in [0, 0.05) is 25.8 Å². The Kier molecular flexibility index (Phi) is 15.1. The number of hydrogen-bond acceptors (Lipinski definition) is 4. The molecule has 31 heavy (non-hydrogen) atoms. The summed E-state index contributed by atoms with van der Waals surface area (Å²) in [6.45, 7) is 2.62. The molecule has 0 saturated carbocycles. The van der Waals surface area contributed by atoms with Crippen LogP contribution in [-0.2, 0) is 11.3 Å². The summed E-state index contributed by atoms with van der Waals surface area (Å²) in [5.74, 6) is 6.83. The third kappa shape index (κ3) is 13.7. The average Bonchev–Trinajstić information content (AvgIpc) is 2.77. The van der Waals surface area contributed by atoms with Gasteiger partial charge in [-0.05, 0) is 37.0 Å². The third-order valence-corrected chi connectivity index (χ3v) is 5.29. The number of amides is 1. The van der Waals surface area contributed by atoms with Crippen LogP contribution < -0.4 is 10.1 Å². The molecule has 1 aromatic rings. The summed E-state index contributed by atoms with van der Waals surface area (Å²) < 4.78 is 5.08. The van der Waals surface area contributed by atoms with E-state index >= 15 is 0 Å². The van der Waals surface area contributed by atoms with E-state index in [0.29, 0.717) is 25.1 Å². The number of carbonyl (C=O) groups excluding carboxylic acids is 1. The Labute approximate surface area is 188 Å². The highest BCUT2D eigenvalue weighted by atomic mass is 16.5. The van der Waals surface area contributed by atoms with E-state index in [1.807, 2.05) is 0 Å². The van der Waals surface area contributed by atoms with E-state index in [9.17, 15) is 15.0 Å². The van der Waals surface area contributed by atoms with Crippen LogP contribution in [0.2, 0.25) is 0 Å². The van der Waals surface area contributed by atoms with Crippen molar-refractivity contribution in [1.82, 2.24) is 5.32 Å². The number of methoxy groups -OCH3 is 1. The number of aromatic hydroxyl groups is 1. The molecule has 0 aliphatic rings. The topological polar surface area (TPSA) is 78.8 Å². The van der Waals surface area contributed by atoms with Crippen molar-refractivity contribution in [3.8, 4) is 23.3 Å². The summed E-state index contributed by atoms with van der Waals surface area (Å²) in [6.07, 6.45) is 12.6. The van der Waals surface area contributed by atoms with Gasteiger partial charge < -0.3 is 20.3 Å². The van der Waals surface area contributed by atoms with Crippen molar-refractivity contribution in [3.05, 3.63) is 23.8 Å². The number of aliphatic hydroxyl groups excluding tert-OH is 1. The molecule has 0 aliphatic heterocycles. The summed E-state index contributed by atoms with van der Waals surface area (Å²) in [5, 5.41) is 22.4. The molecule has 1 rings (SSSR count). The normalized spacial score (nSPS) is 11.5. The maximum absolute atomic E-state index is 12.0. The van der Waals surface area contributed by atoms with E-state index in [1.165, 1.54) is 26.4 Å². The first-order valence-corrected chi connectivity index (χ1v) is 11.8. The number of ether oxygens (including phenoxy) is 1. The van der Waals surface area contributed by atoms with Gasteiger partial charge in [0.15, 0.2) is 11.5 Å². The molecular weight excluding hydrogens is 390 g/mol. The largest absolute Gasteiger partial charge is 0.504 e. The molecule has 0 radical (unpaired) electrons.